The third-order valence-electron chi connectivity index (χ3n) is 1.37. The van der Waals surface area contributed by atoms with Crippen LogP contribution in [0.3, 0.4) is 0 Å². The first-order valence-electron chi connectivity index (χ1n) is 3.57. The van der Waals surface area contributed by atoms with Gasteiger partial charge in [0.1, 0.15) is 0 Å². The third-order valence-corrected chi connectivity index (χ3v) is 1.37. The molecule has 0 fully saturated rings. The van der Waals surface area contributed by atoms with Crippen LogP contribution in [-0.2, 0) is 0 Å². The van der Waals surface area contributed by atoms with Gasteiger partial charge >= 0.3 is 0 Å². The van der Waals surface area contributed by atoms with Gasteiger partial charge in [-0.05, 0) is 13.3 Å². The normalized spacial score (nSPS) is 10.1. The summed E-state index contributed by atoms with van der Waals surface area (Å²) in [5, 5.41) is 8.28. The summed E-state index contributed by atoms with van der Waals surface area (Å²) in [6.45, 7) is 1.79. The lowest BCUT2D eigenvalue weighted by atomic mass is 10.0. The molecule has 0 saturated carbocycles. The molecule has 0 amide bonds. The second-order valence-electron chi connectivity index (χ2n) is 2.19. The van der Waals surface area contributed by atoms with E-state index in [0.717, 1.165) is 6.42 Å². The van der Waals surface area contributed by atoms with E-state index < -0.39 is 0 Å². The van der Waals surface area contributed by atoms with Gasteiger partial charge in [-0.25, -0.2) is 0 Å². The van der Waals surface area contributed by atoms with Crippen LogP contribution in [0.5, 0.6) is 0 Å². The van der Waals surface area contributed by atoms with Crippen LogP contribution in [0, 0.1) is 41.4 Å². The molecule has 0 rings (SSSR count). The van der Waals surface area contributed by atoms with Gasteiger partial charge in [-0.15, -0.1) is 24.2 Å². The molecule has 0 spiro atoms. The van der Waals surface area contributed by atoms with E-state index >= 15 is 0 Å². The number of terminal acetylenes is 1. The van der Waals surface area contributed by atoms with Crippen LogP contribution in [-0.4, -0.2) is 0 Å². The number of hydrogen-bond acceptors (Lipinski definition) is 1. The Morgan fingerprint density at radius 3 is 2.73 bits per heavy atom. The minimum absolute atomic E-state index is 0.155. The third kappa shape index (κ3) is 5.07. The first kappa shape index (κ1) is 9.61. The summed E-state index contributed by atoms with van der Waals surface area (Å²) < 4.78 is 0. The van der Waals surface area contributed by atoms with Crippen LogP contribution >= 0.6 is 0 Å². The zero-order valence-corrected chi connectivity index (χ0v) is 6.72. The second kappa shape index (κ2) is 6.73. The molecule has 0 aromatic carbocycles. The molecule has 0 N–H and O–H groups in total. The highest BCUT2D eigenvalue weighted by atomic mass is 14.2. The lowest BCUT2D eigenvalue weighted by molar-refractivity contribution is 0.640. The Bertz CT molecular complexity index is 228. The van der Waals surface area contributed by atoms with E-state index in [4.69, 9.17) is 11.7 Å². The average molecular weight is 145 g/mol. The molecule has 0 heterocycles. The summed E-state index contributed by atoms with van der Waals surface area (Å²) >= 11 is 0. The summed E-state index contributed by atoms with van der Waals surface area (Å²) in [6.07, 6.45) is 7.24. The smallest absolute Gasteiger partial charge is 0.0622 e. The quantitative estimate of drug-likeness (QED) is 0.557. The molecule has 0 aliphatic heterocycles. The van der Waals surface area contributed by atoms with Crippen molar-refractivity contribution in [3.8, 4) is 30.3 Å². The summed E-state index contributed by atoms with van der Waals surface area (Å²) in [5.74, 6) is 8.46. The summed E-state index contributed by atoms with van der Waals surface area (Å²) in [4.78, 5) is 0. The molecular weight excluding hydrogens is 134 g/mol. The molecule has 0 saturated heterocycles. The predicted octanol–water partition coefficient (Wildman–Crippen LogP) is 1.95. The topological polar surface area (TPSA) is 23.8 Å². The Balaban J connectivity index is 3.68. The van der Waals surface area contributed by atoms with Gasteiger partial charge in [-0.3, -0.25) is 0 Å². The summed E-state index contributed by atoms with van der Waals surface area (Å²) in [7, 11) is 0. The lowest BCUT2D eigenvalue weighted by Gasteiger charge is -2.00. The van der Waals surface area contributed by atoms with Crippen molar-refractivity contribution in [1.82, 2.24) is 0 Å². The zero-order valence-electron chi connectivity index (χ0n) is 6.72. The van der Waals surface area contributed by atoms with Crippen molar-refractivity contribution in [1.29, 1.82) is 5.26 Å². The number of nitriles is 1. The molecule has 56 valence electrons. The van der Waals surface area contributed by atoms with Crippen LogP contribution in [0.1, 0.15) is 26.2 Å². The van der Waals surface area contributed by atoms with Crippen LogP contribution in [0.15, 0.2) is 0 Å². The number of hydrogen-bond donors (Lipinski definition) is 0. The summed E-state index contributed by atoms with van der Waals surface area (Å²) in [5.41, 5.74) is 0. The Kier molecular flexibility index (Phi) is 5.88. The Hall–Kier alpha value is -1.39. The van der Waals surface area contributed by atoms with Gasteiger partial charge < -0.3 is 0 Å². The molecule has 11 heavy (non-hydrogen) atoms. The van der Waals surface area contributed by atoms with E-state index in [1.54, 1.807) is 6.92 Å². The Labute approximate surface area is 68.4 Å². The maximum atomic E-state index is 8.28. The molecule has 0 aliphatic carbocycles. The highest BCUT2D eigenvalue weighted by Crippen LogP contribution is 2.07. The van der Waals surface area contributed by atoms with Gasteiger partial charge in [-0.2, -0.15) is 5.26 Å². The highest BCUT2D eigenvalue weighted by Gasteiger charge is 2.00. The molecule has 1 unspecified atom stereocenters. The number of rotatable bonds is 3. The van der Waals surface area contributed by atoms with E-state index in [-0.39, 0.29) is 5.92 Å². The van der Waals surface area contributed by atoms with E-state index in [2.05, 4.69) is 23.8 Å². The fourth-order valence-corrected chi connectivity index (χ4v) is 0.708. The van der Waals surface area contributed by atoms with Gasteiger partial charge in [0.15, 0.2) is 0 Å². The van der Waals surface area contributed by atoms with E-state index in [0.29, 0.717) is 12.8 Å². The molecule has 1 heteroatoms. The molecule has 0 radical (unpaired) electrons. The van der Waals surface area contributed by atoms with Crippen LogP contribution in [0.4, 0.5) is 0 Å². The molecule has 0 aromatic heterocycles. The minimum atomic E-state index is 0.155. The predicted molar refractivity (Wildman–Crippen MR) is 45.2 cm³/mol. The van der Waals surface area contributed by atoms with Crippen molar-refractivity contribution in [2.45, 2.75) is 26.2 Å². The highest BCUT2D eigenvalue weighted by molar-refractivity contribution is 5.04. The molecule has 0 aliphatic rings. The van der Waals surface area contributed by atoms with Crippen molar-refractivity contribution in [2.24, 2.45) is 5.92 Å². The van der Waals surface area contributed by atoms with Crippen molar-refractivity contribution in [2.75, 3.05) is 0 Å². The largest absolute Gasteiger partial charge is 0.198 e. The van der Waals surface area contributed by atoms with Gasteiger partial charge in [0.05, 0.1) is 6.07 Å². The SMILES string of the molecule is C#CC(CC#CC)CCC#N. The molecule has 0 bridgehead atoms. The zero-order chi connectivity index (χ0) is 8.53. The first-order chi connectivity index (χ1) is 5.35. The van der Waals surface area contributed by atoms with Gasteiger partial charge in [0.25, 0.3) is 0 Å². The fourth-order valence-electron chi connectivity index (χ4n) is 0.708. The molecule has 1 nitrogen and oxygen atoms in total. The van der Waals surface area contributed by atoms with Crippen LogP contribution in [0.2, 0.25) is 0 Å². The van der Waals surface area contributed by atoms with E-state index in [1.165, 1.54) is 0 Å². The minimum Gasteiger partial charge on any atom is -0.198 e. The van der Waals surface area contributed by atoms with Crippen LogP contribution in [0.25, 0.3) is 0 Å². The van der Waals surface area contributed by atoms with Crippen molar-refractivity contribution >= 4 is 0 Å². The average Bonchev–Trinajstić information content (AvgIpc) is 2.05. The summed E-state index contributed by atoms with van der Waals surface area (Å²) in [6, 6.07) is 2.07. The Morgan fingerprint density at radius 1 is 1.55 bits per heavy atom. The monoisotopic (exact) mass is 145 g/mol. The van der Waals surface area contributed by atoms with Gasteiger partial charge in [-0.1, -0.05) is 0 Å². The molecular formula is C10H11N. The molecule has 1 atom stereocenters. The lowest BCUT2D eigenvalue weighted by Crippen LogP contribution is -1.94. The number of nitrogens with zero attached hydrogens (tertiary/aromatic N) is 1. The van der Waals surface area contributed by atoms with Crippen molar-refractivity contribution in [3.63, 3.8) is 0 Å². The van der Waals surface area contributed by atoms with Crippen molar-refractivity contribution in [3.05, 3.63) is 0 Å². The first-order valence-corrected chi connectivity index (χ1v) is 3.57. The van der Waals surface area contributed by atoms with E-state index in [1.807, 2.05) is 0 Å². The standard InChI is InChI=1S/C10H11N/c1-3-5-7-10(4-2)8-6-9-11/h2,10H,6-8H2,1H3. The maximum Gasteiger partial charge on any atom is 0.0622 e. The maximum absolute atomic E-state index is 8.28. The fraction of sp³-hybridized carbons (Fsp3) is 0.500. The van der Waals surface area contributed by atoms with Gasteiger partial charge in [0, 0.05) is 18.8 Å². The molecule has 0 aromatic rings. The van der Waals surface area contributed by atoms with Crippen molar-refractivity contribution < 1.29 is 0 Å². The van der Waals surface area contributed by atoms with Crippen LogP contribution < -0.4 is 0 Å². The van der Waals surface area contributed by atoms with E-state index in [9.17, 15) is 0 Å². The Morgan fingerprint density at radius 2 is 2.27 bits per heavy atom. The second-order valence-corrected chi connectivity index (χ2v) is 2.19. The van der Waals surface area contributed by atoms with Gasteiger partial charge in [0.2, 0.25) is 0 Å².